The molecule has 0 bridgehead atoms. The SMILES string of the molecule is OC1(COc2ccc3c(c2)CCC3)CCCC1. The summed E-state index contributed by atoms with van der Waals surface area (Å²) in [5.41, 5.74) is 2.33. The highest BCUT2D eigenvalue weighted by atomic mass is 16.5. The monoisotopic (exact) mass is 232 g/mol. The molecule has 3 rings (SSSR count). The number of rotatable bonds is 3. The Kier molecular flexibility index (Phi) is 2.83. The van der Waals surface area contributed by atoms with Gasteiger partial charge in [0, 0.05) is 0 Å². The highest BCUT2D eigenvalue weighted by molar-refractivity contribution is 5.38. The van der Waals surface area contributed by atoms with Gasteiger partial charge < -0.3 is 9.84 Å². The summed E-state index contributed by atoms with van der Waals surface area (Å²) in [4.78, 5) is 0. The van der Waals surface area contributed by atoms with E-state index in [0.717, 1.165) is 31.4 Å². The number of fused-ring (bicyclic) bond motifs is 1. The van der Waals surface area contributed by atoms with Crippen LogP contribution in [0, 0.1) is 0 Å². The van der Waals surface area contributed by atoms with Crippen LogP contribution in [-0.2, 0) is 12.8 Å². The molecule has 1 saturated carbocycles. The van der Waals surface area contributed by atoms with E-state index in [9.17, 15) is 5.11 Å². The van der Waals surface area contributed by atoms with Gasteiger partial charge in [-0.1, -0.05) is 18.9 Å². The van der Waals surface area contributed by atoms with E-state index in [1.165, 1.54) is 30.4 Å². The van der Waals surface area contributed by atoms with Crippen LogP contribution in [0.1, 0.15) is 43.2 Å². The van der Waals surface area contributed by atoms with Crippen LogP contribution < -0.4 is 4.74 Å². The first-order valence-corrected chi connectivity index (χ1v) is 6.72. The Balaban J connectivity index is 1.65. The molecule has 2 nitrogen and oxygen atoms in total. The molecule has 0 spiro atoms. The quantitative estimate of drug-likeness (QED) is 0.868. The van der Waals surface area contributed by atoms with Gasteiger partial charge in [0.25, 0.3) is 0 Å². The summed E-state index contributed by atoms with van der Waals surface area (Å²) >= 11 is 0. The molecule has 0 unspecified atom stereocenters. The average molecular weight is 232 g/mol. The number of aliphatic hydroxyl groups is 1. The van der Waals surface area contributed by atoms with Crippen molar-refractivity contribution in [2.45, 2.75) is 50.5 Å². The number of hydrogen-bond acceptors (Lipinski definition) is 2. The second-order valence-electron chi connectivity index (χ2n) is 5.50. The van der Waals surface area contributed by atoms with Gasteiger partial charge in [0.2, 0.25) is 0 Å². The lowest BCUT2D eigenvalue weighted by atomic mass is 10.0. The van der Waals surface area contributed by atoms with Gasteiger partial charge in [-0.25, -0.2) is 0 Å². The van der Waals surface area contributed by atoms with Gasteiger partial charge in [0.1, 0.15) is 12.4 Å². The standard InChI is InChI=1S/C15H20O2/c16-15(8-1-2-9-15)11-17-14-7-6-12-4-3-5-13(12)10-14/h6-7,10,16H,1-5,8-9,11H2. The van der Waals surface area contributed by atoms with Gasteiger partial charge in [-0.05, 0) is 55.4 Å². The number of hydrogen-bond donors (Lipinski definition) is 1. The molecule has 0 atom stereocenters. The summed E-state index contributed by atoms with van der Waals surface area (Å²) in [5, 5.41) is 10.2. The molecule has 2 aliphatic carbocycles. The Hall–Kier alpha value is -1.02. The first-order valence-electron chi connectivity index (χ1n) is 6.72. The van der Waals surface area contributed by atoms with Crippen LogP contribution in [0.2, 0.25) is 0 Å². The van der Waals surface area contributed by atoms with Gasteiger partial charge in [0.15, 0.2) is 0 Å². The topological polar surface area (TPSA) is 29.5 Å². The first kappa shape index (κ1) is 11.1. The normalized spacial score (nSPS) is 21.5. The molecule has 0 aliphatic heterocycles. The van der Waals surface area contributed by atoms with E-state index in [0.29, 0.717) is 6.61 Å². The van der Waals surface area contributed by atoms with Crippen molar-refractivity contribution < 1.29 is 9.84 Å². The predicted octanol–water partition coefficient (Wildman–Crippen LogP) is 2.86. The Morgan fingerprint density at radius 1 is 1.06 bits per heavy atom. The fourth-order valence-corrected chi connectivity index (χ4v) is 3.03. The van der Waals surface area contributed by atoms with Crippen LogP contribution in [0.15, 0.2) is 18.2 Å². The van der Waals surface area contributed by atoms with Gasteiger partial charge in [-0.2, -0.15) is 0 Å². The highest BCUT2D eigenvalue weighted by Crippen LogP contribution is 2.31. The number of ether oxygens (including phenoxy) is 1. The molecule has 0 heterocycles. The third kappa shape index (κ3) is 2.32. The summed E-state index contributed by atoms with van der Waals surface area (Å²) < 4.78 is 5.77. The van der Waals surface area contributed by atoms with Gasteiger partial charge in [-0.3, -0.25) is 0 Å². The lowest BCUT2D eigenvalue weighted by molar-refractivity contribution is 0.00139. The molecule has 0 saturated heterocycles. The van der Waals surface area contributed by atoms with Crippen molar-refractivity contribution >= 4 is 0 Å². The average Bonchev–Trinajstić information content (AvgIpc) is 2.95. The van der Waals surface area contributed by atoms with Crippen molar-refractivity contribution in [2.24, 2.45) is 0 Å². The zero-order valence-electron chi connectivity index (χ0n) is 10.2. The summed E-state index contributed by atoms with van der Waals surface area (Å²) in [7, 11) is 0. The van der Waals surface area contributed by atoms with Crippen LogP contribution >= 0.6 is 0 Å². The molecule has 92 valence electrons. The maximum absolute atomic E-state index is 10.2. The molecule has 0 aromatic heterocycles. The van der Waals surface area contributed by atoms with E-state index in [1.54, 1.807) is 0 Å². The van der Waals surface area contributed by atoms with Crippen LogP contribution in [0.4, 0.5) is 0 Å². The minimum absolute atomic E-state index is 0.450. The Morgan fingerprint density at radius 3 is 2.65 bits per heavy atom. The molecule has 2 heteroatoms. The molecule has 2 aliphatic rings. The molecule has 1 fully saturated rings. The molecule has 1 N–H and O–H groups in total. The van der Waals surface area contributed by atoms with Crippen molar-refractivity contribution in [1.29, 1.82) is 0 Å². The summed E-state index contributed by atoms with van der Waals surface area (Å²) in [6.07, 6.45) is 7.68. The Labute approximate surface area is 103 Å². The molecule has 17 heavy (non-hydrogen) atoms. The predicted molar refractivity (Wildman–Crippen MR) is 67.4 cm³/mol. The minimum Gasteiger partial charge on any atom is -0.491 e. The second kappa shape index (κ2) is 4.34. The third-order valence-electron chi connectivity index (χ3n) is 4.11. The van der Waals surface area contributed by atoms with Gasteiger partial charge in [0.05, 0.1) is 5.60 Å². The van der Waals surface area contributed by atoms with E-state index >= 15 is 0 Å². The molecule has 1 aromatic rings. The number of aryl methyl sites for hydroxylation is 2. The van der Waals surface area contributed by atoms with E-state index in [-0.39, 0.29) is 0 Å². The third-order valence-corrected chi connectivity index (χ3v) is 4.11. The van der Waals surface area contributed by atoms with Crippen LogP contribution in [0.25, 0.3) is 0 Å². The van der Waals surface area contributed by atoms with Crippen molar-refractivity contribution in [2.75, 3.05) is 6.61 Å². The van der Waals surface area contributed by atoms with Crippen molar-refractivity contribution in [3.63, 3.8) is 0 Å². The first-order chi connectivity index (χ1) is 8.25. The largest absolute Gasteiger partial charge is 0.491 e. The molecule has 0 amide bonds. The van der Waals surface area contributed by atoms with Gasteiger partial charge in [-0.15, -0.1) is 0 Å². The molecule has 1 aromatic carbocycles. The Morgan fingerprint density at radius 2 is 1.82 bits per heavy atom. The van der Waals surface area contributed by atoms with E-state index in [1.807, 2.05) is 6.07 Å². The fourth-order valence-electron chi connectivity index (χ4n) is 3.03. The van der Waals surface area contributed by atoms with Crippen molar-refractivity contribution in [3.05, 3.63) is 29.3 Å². The van der Waals surface area contributed by atoms with E-state index < -0.39 is 5.60 Å². The second-order valence-corrected chi connectivity index (χ2v) is 5.50. The lowest BCUT2D eigenvalue weighted by Gasteiger charge is -2.22. The fraction of sp³-hybridized carbons (Fsp3) is 0.600. The summed E-state index contributed by atoms with van der Waals surface area (Å²) in [5.74, 6) is 0.922. The highest BCUT2D eigenvalue weighted by Gasteiger charge is 2.31. The zero-order chi connectivity index (χ0) is 11.7. The van der Waals surface area contributed by atoms with Crippen LogP contribution in [0.3, 0.4) is 0 Å². The van der Waals surface area contributed by atoms with E-state index in [2.05, 4.69) is 12.1 Å². The van der Waals surface area contributed by atoms with Crippen LogP contribution in [-0.4, -0.2) is 17.3 Å². The summed E-state index contributed by atoms with van der Waals surface area (Å²) in [6, 6.07) is 6.37. The molecular formula is C15H20O2. The maximum atomic E-state index is 10.2. The smallest absolute Gasteiger partial charge is 0.119 e. The van der Waals surface area contributed by atoms with E-state index in [4.69, 9.17) is 4.74 Å². The van der Waals surface area contributed by atoms with Gasteiger partial charge >= 0.3 is 0 Å². The van der Waals surface area contributed by atoms with Crippen molar-refractivity contribution in [1.82, 2.24) is 0 Å². The molecular weight excluding hydrogens is 212 g/mol. The number of benzene rings is 1. The lowest BCUT2D eigenvalue weighted by Crippen LogP contribution is -2.32. The van der Waals surface area contributed by atoms with Crippen molar-refractivity contribution in [3.8, 4) is 5.75 Å². The van der Waals surface area contributed by atoms with Crippen LogP contribution in [0.5, 0.6) is 5.75 Å². The summed E-state index contributed by atoms with van der Waals surface area (Å²) in [6.45, 7) is 0.450. The maximum Gasteiger partial charge on any atom is 0.119 e. The Bertz CT molecular complexity index is 405. The zero-order valence-corrected chi connectivity index (χ0v) is 10.2. The molecule has 0 radical (unpaired) electrons. The minimum atomic E-state index is -0.570.